The highest BCUT2D eigenvalue weighted by molar-refractivity contribution is 6.02. The van der Waals surface area contributed by atoms with Gasteiger partial charge in [-0.15, -0.1) is 0 Å². The summed E-state index contributed by atoms with van der Waals surface area (Å²) in [5.74, 6) is -4.28. The molecule has 1 N–H and O–H groups in total. The van der Waals surface area contributed by atoms with Crippen LogP contribution in [0.1, 0.15) is 57.8 Å². The van der Waals surface area contributed by atoms with E-state index >= 15 is 0 Å². The normalized spacial score (nSPS) is 16.4. The maximum atomic E-state index is 13.8. The number of carbonyl (C=O) groups is 2. The van der Waals surface area contributed by atoms with Crippen LogP contribution in [0, 0.1) is 12.3 Å². The van der Waals surface area contributed by atoms with Gasteiger partial charge < -0.3 is 5.32 Å². The van der Waals surface area contributed by atoms with Crippen LogP contribution in [-0.4, -0.2) is 30.6 Å². The third-order valence-corrected chi connectivity index (χ3v) is 6.17. The first-order chi connectivity index (χ1) is 17.4. The first-order valence-electron chi connectivity index (χ1n) is 11.3. The Labute approximate surface area is 211 Å². The van der Waals surface area contributed by atoms with Crippen molar-refractivity contribution in [2.45, 2.75) is 50.6 Å². The number of amides is 1. The molecule has 2 aromatic rings. The molecular weight excluding hydrogens is 529 g/mol. The zero-order valence-corrected chi connectivity index (χ0v) is 19.8. The largest absolute Gasteiger partial charge is 0.417 e. The lowest BCUT2D eigenvalue weighted by Gasteiger charge is -2.19. The maximum Gasteiger partial charge on any atom is 0.417 e. The number of carbonyl (C=O) groups excluding carboxylic acids is 2. The summed E-state index contributed by atoms with van der Waals surface area (Å²) >= 11 is 0. The summed E-state index contributed by atoms with van der Waals surface area (Å²) in [7, 11) is 0. The van der Waals surface area contributed by atoms with E-state index in [9.17, 15) is 49.1 Å². The van der Waals surface area contributed by atoms with Crippen LogP contribution in [0.15, 0.2) is 48.5 Å². The number of halogens is 9. The van der Waals surface area contributed by atoms with Crippen molar-refractivity contribution in [3.8, 4) is 0 Å². The van der Waals surface area contributed by atoms with E-state index in [4.69, 9.17) is 0 Å². The van der Waals surface area contributed by atoms with E-state index in [1.54, 1.807) is 18.3 Å². The molecule has 1 amide bonds. The summed E-state index contributed by atoms with van der Waals surface area (Å²) in [5.41, 5.74) is -3.56. The van der Waals surface area contributed by atoms with E-state index in [0.29, 0.717) is 11.6 Å². The summed E-state index contributed by atoms with van der Waals surface area (Å²) in [6.07, 6.45) is -13.6. The van der Waals surface area contributed by atoms with E-state index in [1.165, 1.54) is 18.2 Å². The van der Waals surface area contributed by atoms with Crippen LogP contribution in [0.5, 0.6) is 0 Å². The van der Waals surface area contributed by atoms with Gasteiger partial charge in [0.15, 0.2) is 5.78 Å². The lowest BCUT2D eigenvalue weighted by Crippen LogP contribution is -2.39. The fraction of sp³-hybridized carbons (Fsp3) is 0.385. The smallest absolute Gasteiger partial charge is 0.346 e. The third kappa shape index (κ3) is 7.38. The molecule has 3 rings (SSSR count). The Bertz CT molecular complexity index is 1220. The summed E-state index contributed by atoms with van der Waals surface area (Å²) < 4.78 is 119. The molecule has 0 radical (unpaired) electrons. The van der Waals surface area contributed by atoms with E-state index in [0.717, 1.165) is 24.3 Å². The minimum atomic E-state index is -5.07. The average Bonchev–Trinajstić information content (AvgIpc) is 3.56. The second kappa shape index (κ2) is 10.5. The Hall–Kier alpha value is -3.31. The molecule has 3 nitrogen and oxygen atoms in total. The molecular formula is C26H22F9NO2. The van der Waals surface area contributed by atoms with Crippen LogP contribution in [0.25, 0.3) is 6.08 Å². The van der Waals surface area contributed by atoms with Crippen LogP contribution in [0.4, 0.5) is 39.5 Å². The second-order valence-corrected chi connectivity index (χ2v) is 9.27. The van der Waals surface area contributed by atoms with Crippen molar-refractivity contribution in [2.24, 2.45) is 5.41 Å². The first kappa shape index (κ1) is 29.2. The Kier molecular flexibility index (Phi) is 8.05. The number of nitrogens with one attached hydrogen (secondary N) is 1. The molecule has 1 aliphatic carbocycles. The van der Waals surface area contributed by atoms with Crippen LogP contribution < -0.4 is 5.32 Å². The number of hydrogen-bond acceptors (Lipinski definition) is 2. The van der Waals surface area contributed by atoms with Gasteiger partial charge in [-0.2, -0.15) is 39.5 Å². The summed E-state index contributed by atoms with van der Waals surface area (Å²) in [5, 5.41) is 1.65. The predicted molar refractivity (Wildman–Crippen MR) is 120 cm³/mol. The molecule has 1 saturated carbocycles. The van der Waals surface area contributed by atoms with E-state index in [2.05, 4.69) is 0 Å². The number of hydrogen-bond donors (Lipinski definition) is 1. The molecule has 38 heavy (non-hydrogen) atoms. The van der Waals surface area contributed by atoms with Gasteiger partial charge in [-0.05, 0) is 37.0 Å². The van der Waals surface area contributed by atoms with Crippen molar-refractivity contribution in [2.75, 3.05) is 6.54 Å². The van der Waals surface area contributed by atoms with E-state index in [-0.39, 0.29) is 24.0 Å². The molecule has 0 bridgehead atoms. The Morgan fingerprint density at radius 3 is 2.16 bits per heavy atom. The number of alkyl halides is 9. The second-order valence-electron chi connectivity index (χ2n) is 9.27. The van der Waals surface area contributed by atoms with Gasteiger partial charge in [-0.1, -0.05) is 54.1 Å². The van der Waals surface area contributed by atoms with Crippen LogP contribution in [-0.2, 0) is 11.0 Å². The molecule has 1 fully saturated rings. The van der Waals surface area contributed by atoms with Crippen molar-refractivity contribution >= 4 is 17.8 Å². The van der Waals surface area contributed by atoms with Crippen molar-refractivity contribution < 1.29 is 49.1 Å². The quantitative estimate of drug-likeness (QED) is 0.275. The molecule has 12 heteroatoms. The highest BCUT2D eigenvalue weighted by Gasteiger charge is 2.52. The van der Waals surface area contributed by atoms with Crippen molar-refractivity contribution in [1.29, 1.82) is 0 Å². The topological polar surface area (TPSA) is 46.2 Å². The fourth-order valence-electron chi connectivity index (χ4n) is 4.03. The Morgan fingerprint density at radius 1 is 0.974 bits per heavy atom. The number of rotatable bonds is 8. The molecule has 206 valence electrons. The molecule has 0 heterocycles. The zero-order chi connectivity index (χ0) is 28.5. The number of allylic oxidation sites excluding steroid dienone is 1. The van der Waals surface area contributed by atoms with E-state index < -0.39 is 65.6 Å². The maximum absolute atomic E-state index is 13.8. The summed E-state index contributed by atoms with van der Waals surface area (Å²) in [6.45, 7) is -0.0458. The highest BCUT2D eigenvalue weighted by Crippen LogP contribution is 2.50. The van der Waals surface area contributed by atoms with Gasteiger partial charge in [0.1, 0.15) is 6.54 Å². The molecule has 1 aliphatic rings. The first-order valence-corrected chi connectivity index (χ1v) is 11.3. The molecule has 1 atom stereocenters. The SMILES string of the molecule is Cc1cccc(C(/C=C/c2ccc(C(=O)CC3(C(=O)NCC(F)(F)F)CC3)c(C(F)(F)F)c2)C(F)(F)F)c1. The van der Waals surface area contributed by atoms with Crippen LogP contribution in [0.3, 0.4) is 0 Å². The van der Waals surface area contributed by atoms with E-state index in [1.807, 2.05) is 0 Å². The summed E-state index contributed by atoms with van der Waals surface area (Å²) in [4.78, 5) is 24.9. The summed E-state index contributed by atoms with van der Waals surface area (Å²) in [6, 6.07) is 7.93. The lowest BCUT2D eigenvalue weighted by molar-refractivity contribution is -0.141. The third-order valence-electron chi connectivity index (χ3n) is 6.17. The predicted octanol–water partition coefficient (Wildman–Crippen LogP) is 7.40. The molecule has 0 spiro atoms. The molecule has 0 saturated heterocycles. The number of benzene rings is 2. The minimum Gasteiger partial charge on any atom is -0.346 e. The average molecular weight is 551 g/mol. The van der Waals surface area contributed by atoms with Gasteiger partial charge in [0, 0.05) is 12.0 Å². The van der Waals surface area contributed by atoms with Crippen LogP contribution >= 0.6 is 0 Å². The Balaban J connectivity index is 1.87. The number of Topliss-reactive ketones (excluding diaryl/α,β-unsaturated/α-hetero) is 1. The molecule has 1 unspecified atom stereocenters. The van der Waals surface area contributed by atoms with Gasteiger partial charge in [-0.3, -0.25) is 9.59 Å². The minimum absolute atomic E-state index is 0.0302. The zero-order valence-electron chi connectivity index (χ0n) is 19.8. The highest BCUT2D eigenvalue weighted by atomic mass is 19.4. The van der Waals surface area contributed by atoms with Crippen molar-refractivity contribution in [3.05, 3.63) is 76.4 Å². The van der Waals surface area contributed by atoms with Crippen molar-refractivity contribution in [3.63, 3.8) is 0 Å². The van der Waals surface area contributed by atoms with Gasteiger partial charge >= 0.3 is 18.5 Å². The van der Waals surface area contributed by atoms with Gasteiger partial charge in [0.05, 0.1) is 16.9 Å². The van der Waals surface area contributed by atoms with Gasteiger partial charge in [0.25, 0.3) is 0 Å². The lowest BCUT2D eigenvalue weighted by atomic mass is 9.91. The Morgan fingerprint density at radius 2 is 1.63 bits per heavy atom. The van der Waals surface area contributed by atoms with Gasteiger partial charge in [0.2, 0.25) is 5.91 Å². The standard InChI is InChI=1S/C26H22F9NO2/c1-15-3-2-4-17(11-15)19(25(30,31)32)8-6-16-5-7-18(20(12-16)26(33,34)35)21(37)13-23(9-10-23)22(38)36-14-24(27,28)29/h2-8,11-12,19H,9-10,13-14H2,1H3,(H,36,38)/b8-6+. The van der Waals surface area contributed by atoms with Crippen LogP contribution in [0.2, 0.25) is 0 Å². The van der Waals surface area contributed by atoms with Crippen molar-refractivity contribution in [1.82, 2.24) is 5.32 Å². The number of aryl methyl sites for hydroxylation is 1. The number of ketones is 1. The molecule has 2 aromatic carbocycles. The monoisotopic (exact) mass is 551 g/mol. The fourth-order valence-corrected chi connectivity index (χ4v) is 4.03. The molecule has 0 aliphatic heterocycles. The molecule has 0 aromatic heterocycles. The van der Waals surface area contributed by atoms with Gasteiger partial charge in [-0.25, -0.2) is 0 Å².